The van der Waals surface area contributed by atoms with Crippen LogP contribution in [0.1, 0.15) is 35.4 Å². The molecule has 2 aromatic carbocycles. The molecule has 1 aromatic heterocycles. The summed E-state index contributed by atoms with van der Waals surface area (Å²) in [4.78, 5) is 40.5. The Labute approximate surface area is 191 Å². The Morgan fingerprint density at radius 1 is 1.03 bits per heavy atom. The lowest BCUT2D eigenvalue weighted by molar-refractivity contribution is -0.134. The van der Waals surface area contributed by atoms with Gasteiger partial charge in [0.15, 0.2) is 0 Å². The molecule has 1 fully saturated rings. The average Bonchev–Trinajstić information content (AvgIpc) is 3.41. The van der Waals surface area contributed by atoms with Crippen LogP contribution in [0, 0.1) is 0 Å². The summed E-state index contributed by atoms with van der Waals surface area (Å²) >= 11 is 1.54. The molecule has 3 aromatic rings. The number of aryl methyl sites for hydroxylation is 1. The van der Waals surface area contributed by atoms with Gasteiger partial charge in [0.1, 0.15) is 12.1 Å². The van der Waals surface area contributed by atoms with Gasteiger partial charge in [0, 0.05) is 4.88 Å². The zero-order valence-electron chi connectivity index (χ0n) is 17.8. The van der Waals surface area contributed by atoms with Gasteiger partial charge in [0.25, 0.3) is 5.91 Å². The number of carbonyl (C=O) groups excluding carboxylic acids is 3. The van der Waals surface area contributed by atoms with Crippen LogP contribution in [0.4, 0.5) is 4.79 Å². The summed E-state index contributed by atoms with van der Waals surface area (Å²) in [6.45, 7) is 1.40. The number of amides is 4. The number of nitrogens with zero attached hydrogens (tertiary/aromatic N) is 1. The molecule has 2 heterocycles. The zero-order chi connectivity index (χ0) is 22.6. The Morgan fingerprint density at radius 2 is 1.72 bits per heavy atom. The number of carbonyl (C=O) groups is 3. The molecule has 0 saturated carbocycles. The molecule has 0 spiro atoms. The van der Waals surface area contributed by atoms with Gasteiger partial charge < -0.3 is 10.6 Å². The molecular weight excluding hydrogens is 422 g/mol. The molecule has 0 bridgehead atoms. The molecule has 4 rings (SSSR count). The van der Waals surface area contributed by atoms with Crippen LogP contribution in [0.2, 0.25) is 0 Å². The maximum absolute atomic E-state index is 13.0. The molecular formula is C25H25N3O3S. The van der Waals surface area contributed by atoms with Crippen molar-refractivity contribution in [2.75, 3.05) is 6.54 Å². The minimum absolute atomic E-state index is 0.319. The highest BCUT2D eigenvalue weighted by Crippen LogP contribution is 2.27. The van der Waals surface area contributed by atoms with Crippen molar-refractivity contribution < 1.29 is 14.4 Å². The van der Waals surface area contributed by atoms with E-state index < -0.39 is 11.6 Å². The van der Waals surface area contributed by atoms with Gasteiger partial charge in [0.05, 0.1) is 6.04 Å². The number of thiophene rings is 1. The lowest BCUT2D eigenvalue weighted by Gasteiger charge is -2.22. The van der Waals surface area contributed by atoms with Crippen LogP contribution in [0.3, 0.4) is 0 Å². The Bertz CT molecular complexity index is 1090. The molecule has 1 aliphatic rings. The van der Waals surface area contributed by atoms with Crippen LogP contribution in [0.25, 0.3) is 0 Å². The van der Waals surface area contributed by atoms with Gasteiger partial charge in [-0.05, 0) is 42.3 Å². The smallest absolute Gasteiger partial charge is 0.325 e. The lowest BCUT2D eigenvalue weighted by Crippen LogP contribution is -2.45. The van der Waals surface area contributed by atoms with Crippen LogP contribution in [-0.4, -0.2) is 34.8 Å². The number of hydrogen-bond acceptors (Lipinski definition) is 4. The van der Waals surface area contributed by atoms with E-state index in [0.29, 0.717) is 12.8 Å². The van der Waals surface area contributed by atoms with Gasteiger partial charge in [-0.15, -0.1) is 11.3 Å². The molecule has 32 heavy (non-hydrogen) atoms. The summed E-state index contributed by atoms with van der Waals surface area (Å²) < 4.78 is 0. The summed E-state index contributed by atoms with van der Waals surface area (Å²) in [5, 5.41) is 7.72. The first-order valence-electron chi connectivity index (χ1n) is 10.5. The maximum Gasteiger partial charge on any atom is 0.325 e. The van der Waals surface area contributed by atoms with Gasteiger partial charge in [-0.2, -0.15) is 0 Å². The molecule has 4 amide bonds. The van der Waals surface area contributed by atoms with Crippen molar-refractivity contribution in [3.63, 3.8) is 0 Å². The quantitative estimate of drug-likeness (QED) is 0.514. The molecule has 1 saturated heterocycles. The number of hydrogen-bond donors (Lipinski definition) is 2. The fraction of sp³-hybridized carbons (Fsp3) is 0.240. The molecule has 7 heteroatoms. The molecule has 2 unspecified atom stereocenters. The fourth-order valence-electron chi connectivity index (χ4n) is 3.87. The van der Waals surface area contributed by atoms with E-state index in [1.807, 2.05) is 78.2 Å². The van der Waals surface area contributed by atoms with Crippen molar-refractivity contribution in [2.24, 2.45) is 0 Å². The van der Waals surface area contributed by atoms with E-state index in [2.05, 4.69) is 10.6 Å². The first kappa shape index (κ1) is 21.8. The monoisotopic (exact) mass is 447 g/mol. The van der Waals surface area contributed by atoms with Crippen molar-refractivity contribution >= 4 is 29.2 Å². The zero-order valence-corrected chi connectivity index (χ0v) is 18.6. The van der Waals surface area contributed by atoms with E-state index in [1.54, 1.807) is 18.3 Å². The molecule has 0 aliphatic carbocycles. The van der Waals surface area contributed by atoms with E-state index in [-0.39, 0.29) is 24.4 Å². The highest BCUT2D eigenvalue weighted by atomic mass is 32.1. The molecule has 6 nitrogen and oxygen atoms in total. The summed E-state index contributed by atoms with van der Waals surface area (Å²) in [5.74, 6) is -0.760. The predicted octanol–water partition coefficient (Wildman–Crippen LogP) is 3.90. The van der Waals surface area contributed by atoms with E-state index in [4.69, 9.17) is 0 Å². The third-order valence-corrected chi connectivity index (χ3v) is 6.61. The van der Waals surface area contributed by atoms with Crippen LogP contribution in [0.15, 0.2) is 78.2 Å². The van der Waals surface area contributed by atoms with Crippen LogP contribution >= 0.6 is 11.3 Å². The normalized spacial score (nSPS) is 19.0. The fourth-order valence-corrected chi connectivity index (χ4v) is 4.67. The van der Waals surface area contributed by atoms with Crippen LogP contribution in [0.5, 0.6) is 0 Å². The Hall–Kier alpha value is -3.45. The topological polar surface area (TPSA) is 78.5 Å². The number of benzene rings is 2. The van der Waals surface area contributed by atoms with Gasteiger partial charge >= 0.3 is 6.03 Å². The number of imide groups is 1. The Morgan fingerprint density at radius 3 is 2.38 bits per heavy atom. The van der Waals surface area contributed by atoms with E-state index in [9.17, 15) is 14.4 Å². The Balaban J connectivity index is 1.43. The molecule has 164 valence electrons. The lowest BCUT2D eigenvalue weighted by atomic mass is 9.93. The summed E-state index contributed by atoms with van der Waals surface area (Å²) in [5.41, 5.74) is 1.00. The first-order valence-corrected chi connectivity index (χ1v) is 11.4. The van der Waals surface area contributed by atoms with Crippen molar-refractivity contribution in [1.29, 1.82) is 0 Å². The largest absolute Gasteiger partial charge is 0.343 e. The van der Waals surface area contributed by atoms with Crippen molar-refractivity contribution in [1.82, 2.24) is 15.5 Å². The van der Waals surface area contributed by atoms with Crippen LogP contribution in [-0.2, 0) is 16.0 Å². The molecule has 2 N–H and O–H groups in total. The minimum Gasteiger partial charge on any atom is -0.343 e. The van der Waals surface area contributed by atoms with E-state index >= 15 is 0 Å². The highest BCUT2D eigenvalue weighted by molar-refractivity contribution is 7.10. The van der Waals surface area contributed by atoms with E-state index in [0.717, 1.165) is 20.9 Å². The van der Waals surface area contributed by atoms with Gasteiger partial charge in [-0.1, -0.05) is 66.7 Å². The highest BCUT2D eigenvalue weighted by Gasteiger charge is 2.47. The number of nitrogens with one attached hydrogen (secondary N) is 2. The summed E-state index contributed by atoms with van der Waals surface area (Å²) in [7, 11) is 0. The number of urea groups is 1. The van der Waals surface area contributed by atoms with Crippen molar-refractivity contribution in [3.05, 3.63) is 94.2 Å². The second-order valence-corrected chi connectivity index (χ2v) is 9.05. The second kappa shape index (κ2) is 9.36. The SMILES string of the molecule is CC1(CCc2ccccc2)NC(=O)N(CC(=O)NC(c2ccccc2)c2cccs2)C1=O. The van der Waals surface area contributed by atoms with Gasteiger partial charge in [-0.25, -0.2) is 4.79 Å². The second-order valence-electron chi connectivity index (χ2n) is 8.07. The summed E-state index contributed by atoms with van der Waals surface area (Å²) in [6, 6.07) is 22.5. The summed E-state index contributed by atoms with van der Waals surface area (Å²) in [6.07, 6.45) is 1.11. The third kappa shape index (κ3) is 4.73. The van der Waals surface area contributed by atoms with Gasteiger partial charge in [-0.3, -0.25) is 14.5 Å². The third-order valence-electron chi connectivity index (χ3n) is 5.67. The standard InChI is InChI=1S/C25H25N3O3S/c1-25(15-14-18-9-4-2-5-10-18)23(30)28(24(31)27-25)17-21(29)26-22(20-13-8-16-32-20)19-11-6-3-7-12-19/h2-13,16,22H,14-15,17H2,1H3,(H,26,29)(H,27,31). The first-order chi connectivity index (χ1) is 15.5. The molecule has 2 atom stereocenters. The average molecular weight is 448 g/mol. The van der Waals surface area contributed by atoms with E-state index in [1.165, 1.54) is 0 Å². The van der Waals surface area contributed by atoms with Crippen molar-refractivity contribution in [2.45, 2.75) is 31.3 Å². The predicted molar refractivity (Wildman–Crippen MR) is 124 cm³/mol. The molecule has 1 aliphatic heterocycles. The minimum atomic E-state index is -1.03. The Kier molecular flexibility index (Phi) is 6.37. The van der Waals surface area contributed by atoms with Crippen molar-refractivity contribution in [3.8, 4) is 0 Å². The molecule has 0 radical (unpaired) electrons. The van der Waals surface area contributed by atoms with Gasteiger partial charge in [0.2, 0.25) is 5.91 Å². The van der Waals surface area contributed by atoms with Crippen LogP contribution < -0.4 is 10.6 Å². The number of rotatable bonds is 8. The maximum atomic E-state index is 13.0.